The highest BCUT2D eigenvalue weighted by Gasteiger charge is 2.26. The van der Waals surface area contributed by atoms with Crippen LogP contribution in [0.15, 0.2) is 42.7 Å². The van der Waals surface area contributed by atoms with Gasteiger partial charge in [0.25, 0.3) is 11.8 Å². The van der Waals surface area contributed by atoms with Gasteiger partial charge in [-0.2, -0.15) is 0 Å². The second-order valence-corrected chi connectivity index (χ2v) is 6.82. The zero-order valence-corrected chi connectivity index (χ0v) is 15.8. The smallest absolute Gasteiger partial charge is 0.276 e. The van der Waals surface area contributed by atoms with Crippen LogP contribution in [0.25, 0.3) is 0 Å². The van der Waals surface area contributed by atoms with Crippen LogP contribution in [0.1, 0.15) is 32.1 Å². The molecule has 0 saturated heterocycles. The van der Waals surface area contributed by atoms with Crippen molar-refractivity contribution in [3.8, 4) is 5.75 Å². The van der Waals surface area contributed by atoms with Crippen LogP contribution in [0.4, 0.5) is 17.1 Å². The van der Waals surface area contributed by atoms with Crippen LogP contribution < -0.4 is 21.3 Å². The summed E-state index contributed by atoms with van der Waals surface area (Å²) in [5.74, 6) is -0.872. The van der Waals surface area contributed by atoms with Crippen molar-refractivity contribution in [1.29, 1.82) is 0 Å². The largest absolute Gasteiger partial charge is 0.508 e. The first kappa shape index (κ1) is 18.4. The minimum atomic E-state index is -0.599. The number of rotatable bonds is 4. The average molecular weight is 392 g/mol. The van der Waals surface area contributed by atoms with E-state index in [-0.39, 0.29) is 17.1 Å². The van der Waals surface area contributed by atoms with E-state index in [1.807, 2.05) is 32.0 Å². The topological polar surface area (TPSA) is 131 Å². The van der Waals surface area contributed by atoms with Gasteiger partial charge in [0.1, 0.15) is 11.4 Å². The Hall–Kier alpha value is -4.01. The number of carbonyl (C=O) groups is 2. The molecule has 6 N–H and O–H groups in total. The molecule has 148 valence electrons. The average Bonchev–Trinajstić information content (AvgIpc) is 3.30. The molecule has 29 heavy (non-hydrogen) atoms. The van der Waals surface area contributed by atoms with E-state index in [1.54, 1.807) is 18.2 Å². The number of aryl methyl sites for hydroxylation is 2. The Labute approximate surface area is 166 Å². The lowest BCUT2D eigenvalue weighted by Gasteiger charge is -2.14. The molecule has 1 aromatic heterocycles. The van der Waals surface area contributed by atoms with Crippen LogP contribution in [-0.2, 0) is 0 Å². The molecule has 4 rings (SSSR count). The number of aromatic amines is 1. The molecule has 1 atom stereocenters. The Bertz CT molecular complexity index is 1110. The van der Waals surface area contributed by atoms with Crippen molar-refractivity contribution in [2.75, 3.05) is 16.0 Å². The maximum Gasteiger partial charge on any atom is 0.276 e. The highest BCUT2D eigenvalue weighted by Crippen LogP contribution is 2.31. The fourth-order valence-corrected chi connectivity index (χ4v) is 3.17. The number of hydrogen-bond donors (Lipinski definition) is 6. The molecule has 0 bridgehead atoms. The lowest BCUT2D eigenvalue weighted by atomic mass is 10.1. The van der Waals surface area contributed by atoms with Crippen molar-refractivity contribution < 1.29 is 14.7 Å². The number of amides is 2. The van der Waals surface area contributed by atoms with Crippen molar-refractivity contribution in [3.05, 3.63) is 65.2 Å². The summed E-state index contributed by atoms with van der Waals surface area (Å²) in [4.78, 5) is 32.1. The van der Waals surface area contributed by atoms with Crippen molar-refractivity contribution in [2.45, 2.75) is 20.1 Å². The van der Waals surface area contributed by atoms with Crippen LogP contribution in [0.3, 0.4) is 0 Å². The van der Waals surface area contributed by atoms with Crippen LogP contribution in [0.2, 0.25) is 0 Å². The number of fused-ring (bicyclic) bond motifs is 1. The maximum atomic E-state index is 12.7. The number of anilines is 3. The summed E-state index contributed by atoms with van der Waals surface area (Å²) < 4.78 is 0. The van der Waals surface area contributed by atoms with E-state index in [0.29, 0.717) is 11.4 Å². The normalized spacial score (nSPS) is 14.5. The number of H-pyrrole nitrogens is 1. The Balaban J connectivity index is 1.46. The van der Waals surface area contributed by atoms with Crippen molar-refractivity contribution in [2.24, 2.45) is 0 Å². The lowest BCUT2D eigenvalue weighted by Crippen LogP contribution is -2.43. The lowest BCUT2D eigenvalue weighted by molar-refractivity contribution is 0.0928. The summed E-state index contributed by atoms with van der Waals surface area (Å²) in [6, 6.07) is 10.5. The Morgan fingerprint density at radius 2 is 1.83 bits per heavy atom. The SMILES string of the molecule is Cc1ccc(NC(=O)c2nc[nH]c2C(=O)NC2Nc3ccc(O)cc3N2)c(C)c1. The van der Waals surface area contributed by atoms with E-state index in [4.69, 9.17) is 0 Å². The first-order chi connectivity index (χ1) is 13.9. The highest BCUT2D eigenvalue weighted by atomic mass is 16.3. The van der Waals surface area contributed by atoms with Crippen molar-refractivity contribution in [1.82, 2.24) is 15.3 Å². The van der Waals surface area contributed by atoms with E-state index in [9.17, 15) is 14.7 Å². The summed E-state index contributed by atoms with van der Waals surface area (Å²) >= 11 is 0. The maximum absolute atomic E-state index is 12.7. The van der Waals surface area contributed by atoms with Gasteiger partial charge < -0.3 is 31.4 Å². The molecule has 0 radical (unpaired) electrons. The molecule has 9 heteroatoms. The minimum absolute atomic E-state index is 0.00405. The van der Waals surface area contributed by atoms with Crippen molar-refractivity contribution in [3.63, 3.8) is 0 Å². The number of nitrogens with zero attached hydrogens (tertiary/aromatic N) is 1. The number of phenols is 1. The summed E-state index contributed by atoms with van der Waals surface area (Å²) in [5, 5.41) is 21.2. The summed E-state index contributed by atoms with van der Waals surface area (Å²) in [5.41, 5.74) is 4.11. The monoisotopic (exact) mass is 392 g/mol. The predicted octanol–water partition coefficient (Wildman–Crippen LogP) is 2.54. The number of aromatic hydroxyl groups is 1. The molecule has 2 amide bonds. The molecule has 1 aliphatic heterocycles. The van der Waals surface area contributed by atoms with Gasteiger partial charge in [-0.05, 0) is 37.6 Å². The summed E-state index contributed by atoms with van der Waals surface area (Å²) in [7, 11) is 0. The van der Waals surface area contributed by atoms with E-state index >= 15 is 0 Å². The van der Waals surface area contributed by atoms with Crippen molar-refractivity contribution >= 4 is 28.9 Å². The number of nitrogens with one attached hydrogen (secondary N) is 5. The molecule has 0 saturated carbocycles. The highest BCUT2D eigenvalue weighted by molar-refractivity contribution is 6.10. The number of benzene rings is 2. The second kappa shape index (κ2) is 7.19. The third-order valence-electron chi connectivity index (χ3n) is 4.59. The minimum Gasteiger partial charge on any atom is -0.508 e. The summed E-state index contributed by atoms with van der Waals surface area (Å²) in [6.07, 6.45) is 0.701. The molecule has 1 aliphatic rings. The molecule has 0 spiro atoms. The quantitative estimate of drug-likeness (QED) is 0.378. The molecule has 0 fully saturated rings. The van der Waals surface area contributed by atoms with Gasteiger partial charge in [-0.15, -0.1) is 0 Å². The van der Waals surface area contributed by atoms with E-state index in [1.165, 1.54) is 6.33 Å². The fraction of sp³-hybridized carbons (Fsp3) is 0.150. The number of phenolic OH excluding ortho intramolecular Hbond substituents is 1. The van der Waals surface area contributed by atoms with Crippen LogP contribution >= 0.6 is 0 Å². The van der Waals surface area contributed by atoms with Gasteiger partial charge in [0.15, 0.2) is 12.0 Å². The molecular formula is C20H20N6O3. The van der Waals surface area contributed by atoms with Crippen LogP contribution in [0, 0.1) is 13.8 Å². The molecule has 0 aliphatic carbocycles. The van der Waals surface area contributed by atoms with Gasteiger partial charge in [-0.25, -0.2) is 4.98 Å². The van der Waals surface area contributed by atoms with Gasteiger partial charge in [-0.3, -0.25) is 9.59 Å². The molecular weight excluding hydrogens is 372 g/mol. The number of aromatic nitrogens is 2. The molecule has 2 aromatic carbocycles. The van der Waals surface area contributed by atoms with E-state index < -0.39 is 18.1 Å². The predicted molar refractivity (Wildman–Crippen MR) is 109 cm³/mol. The number of hydrogen-bond acceptors (Lipinski definition) is 6. The van der Waals surface area contributed by atoms with Crippen LogP contribution in [0.5, 0.6) is 5.75 Å². The van der Waals surface area contributed by atoms with Crippen LogP contribution in [-0.4, -0.2) is 33.2 Å². The zero-order chi connectivity index (χ0) is 20.5. The molecule has 9 nitrogen and oxygen atoms in total. The van der Waals surface area contributed by atoms with Gasteiger partial charge in [0.2, 0.25) is 0 Å². The second-order valence-electron chi connectivity index (χ2n) is 6.82. The standard InChI is InChI=1S/C20H20N6O3/c1-10-3-5-13(11(2)7-10)23-18(28)16-17(22-9-21-16)19(29)26-20-24-14-6-4-12(27)8-15(14)25-20/h3-9,20,24-25,27H,1-2H3,(H,21,22)(H,23,28)(H,26,29). The molecule has 2 heterocycles. The van der Waals surface area contributed by atoms with E-state index in [2.05, 4.69) is 31.2 Å². The van der Waals surface area contributed by atoms with Gasteiger partial charge in [-0.1, -0.05) is 17.7 Å². The Morgan fingerprint density at radius 3 is 2.62 bits per heavy atom. The van der Waals surface area contributed by atoms with Gasteiger partial charge in [0.05, 0.1) is 17.7 Å². The Morgan fingerprint density at radius 1 is 1.03 bits per heavy atom. The number of imidazole rings is 1. The van der Waals surface area contributed by atoms with Gasteiger partial charge >= 0.3 is 0 Å². The number of carbonyl (C=O) groups excluding carboxylic acids is 2. The Kier molecular flexibility index (Phi) is 4.55. The van der Waals surface area contributed by atoms with Gasteiger partial charge in [0, 0.05) is 11.8 Å². The molecule has 3 aromatic rings. The first-order valence-electron chi connectivity index (χ1n) is 8.99. The fourth-order valence-electron chi connectivity index (χ4n) is 3.17. The zero-order valence-electron chi connectivity index (χ0n) is 15.8. The first-order valence-corrected chi connectivity index (χ1v) is 8.99. The van der Waals surface area contributed by atoms with E-state index in [0.717, 1.165) is 16.8 Å². The summed E-state index contributed by atoms with van der Waals surface area (Å²) in [6.45, 7) is 3.87. The molecule has 1 unspecified atom stereocenters. The third kappa shape index (κ3) is 3.70. The third-order valence-corrected chi connectivity index (χ3v) is 4.59.